The Balaban J connectivity index is 2.63. The molecule has 0 amide bonds. The average Bonchev–Trinajstić information content (AvgIpc) is 2.62. The van der Waals surface area contributed by atoms with Gasteiger partial charge < -0.3 is 9.68 Å². The number of oxime groups is 2. The molecule has 1 heterocycles. The Morgan fingerprint density at radius 3 is 2.76 bits per heavy atom. The van der Waals surface area contributed by atoms with E-state index >= 15 is 0 Å². The molecule has 0 N–H and O–H groups in total. The van der Waals surface area contributed by atoms with Crippen LogP contribution in [0.4, 0.5) is 0 Å². The van der Waals surface area contributed by atoms with Crippen LogP contribution in [0.3, 0.4) is 0 Å². The Morgan fingerprint density at radius 1 is 1.65 bits per heavy atom. The predicted molar refractivity (Wildman–Crippen MR) is 65.9 cm³/mol. The Kier molecular flexibility index (Phi) is 3.91. The summed E-state index contributed by atoms with van der Waals surface area (Å²) in [6.45, 7) is 9.66. The minimum Gasteiger partial charge on any atom is -0.377 e. The van der Waals surface area contributed by atoms with Gasteiger partial charge in [-0.05, 0) is 13.3 Å². The van der Waals surface area contributed by atoms with Gasteiger partial charge in [-0.15, -0.1) is 0 Å². The molecule has 1 rings (SSSR count). The van der Waals surface area contributed by atoms with Crippen LogP contribution in [0.25, 0.3) is 0 Å². The highest BCUT2D eigenvalue weighted by Crippen LogP contribution is 2.32. The molecule has 0 aromatic heterocycles. The number of hydrogen-bond acceptors (Lipinski definition) is 5. The summed E-state index contributed by atoms with van der Waals surface area (Å²) in [6.07, 6.45) is 2.69. The van der Waals surface area contributed by atoms with E-state index in [0.29, 0.717) is 12.8 Å². The van der Waals surface area contributed by atoms with E-state index in [9.17, 15) is 4.79 Å². The normalized spacial score (nSPS) is 24.6. The van der Waals surface area contributed by atoms with Crippen molar-refractivity contribution in [1.82, 2.24) is 0 Å². The molecule has 0 spiro atoms. The van der Waals surface area contributed by atoms with E-state index in [-0.39, 0.29) is 5.41 Å². The fourth-order valence-corrected chi connectivity index (χ4v) is 1.31. The van der Waals surface area contributed by atoms with Gasteiger partial charge in [0, 0.05) is 18.1 Å². The van der Waals surface area contributed by atoms with Crippen molar-refractivity contribution in [2.45, 2.75) is 53.1 Å². The van der Waals surface area contributed by atoms with Gasteiger partial charge in [0.05, 0.1) is 5.71 Å². The van der Waals surface area contributed by atoms with Crippen molar-refractivity contribution in [2.75, 3.05) is 0 Å². The fraction of sp³-hybridized carbons (Fsp3) is 0.750. The van der Waals surface area contributed by atoms with Crippen molar-refractivity contribution < 1.29 is 14.5 Å². The Bertz CT molecular complexity index is 355. The van der Waals surface area contributed by atoms with Gasteiger partial charge in [0.15, 0.2) is 0 Å². The molecule has 1 atom stereocenters. The van der Waals surface area contributed by atoms with Crippen LogP contribution >= 0.6 is 0 Å². The number of rotatable bonds is 3. The number of carbonyl (C=O) groups is 1. The smallest absolute Gasteiger partial charge is 0.377 e. The van der Waals surface area contributed by atoms with Crippen molar-refractivity contribution in [3.63, 3.8) is 0 Å². The lowest BCUT2D eigenvalue weighted by Gasteiger charge is -2.20. The van der Waals surface area contributed by atoms with Crippen LogP contribution in [0.15, 0.2) is 10.3 Å². The molecule has 5 heteroatoms. The van der Waals surface area contributed by atoms with Gasteiger partial charge in [0.1, 0.15) is 0 Å². The predicted octanol–water partition coefficient (Wildman–Crippen LogP) is 2.51. The second-order valence-corrected chi connectivity index (χ2v) is 5.36. The van der Waals surface area contributed by atoms with E-state index < -0.39 is 11.6 Å². The first-order chi connectivity index (χ1) is 7.79. The first-order valence-electron chi connectivity index (χ1n) is 5.78. The Morgan fingerprint density at radius 2 is 2.29 bits per heavy atom. The van der Waals surface area contributed by atoms with Crippen LogP contribution in [-0.2, 0) is 14.5 Å². The summed E-state index contributed by atoms with van der Waals surface area (Å²) in [6, 6.07) is 0. The molecule has 96 valence electrons. The van der Waals surface area contributed by atoms with Gasteiger partial charge in [0.25, 0.3) is 0 Å². The van der Waals surface area contributed by atoms with Crippen LogP contribution in [-0.4, -0.2) is 23.5 Å². The van der Waals surface area contributed by atoms with Gasteiger partial charge >= 0.3 is 5.97 Å². The van der Waals surface area contributed by atoms with Gasteiger partial charge in [0.2, 0.25) is 5.60 Å². The molecule has 1 unspecified atom stereocenters. The molecule has 1 aliphatic heterocycles. The van der Waals surface area contributed by atoms with Gasteiger partial charge in [-0.1, -0.05) is 38.0 Å². The maximum Gasteiger partial charge on any atom is 0.381 e. The van der Waals surface area contributed by atoms with Crippen molar-refractivity contribution in [3.05, 3.63) is 0 Å². The van der Waals surface area contributed by atoms with Crippen LogP contribution in [0, 0.1) is 5.41 Å². The van der Waals surface area contributed by atoms with E-state index in [4.69, 9.17) is 9.68 Å². The third kappa shape index (κ3) is 3.28. The summed E-state index contributed by atoms with van der Waals surface area (Å²) in [5.41, 5.74) is -0.297. The lowest BCUT2D eigenvalue weighted by atomic mass is 9.84. The first-order valence-corrected chi connectivity index (χ1v) is 5.78. The van der Waals surface area contributed by atoms with Gasteiger partial charge in [-0.2, -0.15) is 0 Å². The van der Waals surface area contributed by atoms with Crippen molar-refractivity contribution >= 4 is 17.9 Å². The maximum atomic E-state index is 11.8. The van der Waals surface area contributed by atoms with Crippen molar-refractivity contribution in [2.24, 2.45) is 15.7 Å². The summed E-state index contributed by atoms with van der Waals surface area (Å²) in [7, 11) is 0. The number of carbonyl (C=O) groups excluding carboxylic acids is 1. The quantitative estimate of drug-likeness (QED) is 0.432. The minimum atomic E-state index is -1.05. The monoisotopic (exact) mass is 240 g/mol. The summed E-state index contributed by atoms with van der Waals surface area (Å²) in [5, 5.41) is 7.53. The minimum absolute atomic E-state index is 0.106. The highest BCUT2D eigenvalue weighted by molar-refractivity contribution is 5.96. The molecule has 0 aliphatic carbocycles. The number of nitrogens with zero attached hydrogens (tertiary/aromatic N) is 2. The second kappa shape index (κ2) is 4.85. The highest BCUT2D eigenvalue weighted by atomic mass is 16.7. The summed E-state index contributed by atoms with van der Waals surface area (Å²) in [4.78, 5) is 21.8. The van der Waals surface area contributed by atoms with E-state index in [1.165, 1.54) is 6.21 Å². The van der Waals surface area contributed by atoms with E-state index in [1.807, 2.05) is 27.7 Å². The SMILES string of the molecule is CC/C=N/OC(=O)C1(C)CC(C(C)(C)C)=NO1. The largest absolute Gasteiger partial charge is 0.381 e. The van der Waals surface area contributed by atoms with Gasteiger partial charge in [-0.25, -0.2) is 4.79 Å². The zero-order valence-corrected chi connectivity index (χ0v) is 11.1. The molecular weight excluding hydrogens is 220 g/mol. The van der Waals surface area contributed by atoms with Crippen LogP contribution in [0.2, 0.25) is 0 Å². The molecule has 0 aromatic carbocycles. The molecule has 17 heavy (non-hydrogen) atoms. The third-order valence-corrected chi connectivity index (χ3v) is 2.55. The summed E-state index contributed by atoms with van der Waals surface area (Å²) < 4.78 is 0. The Labute approximate surface area is 102 Å². The van der Waals surface area contributed by atoms with Crippen molar-refractivity contribution in [1.29, 1.82) is 0 Å². The molecule has 0 bridgehead atoms. The Hall–Kier alpha value is -1.39. The lowest BCUT2D eigenvalue weighted by molar-refractivity contribution is -0.167. The van der Waals surface area contributed by atoms with Gasteiger partial charge in [-0.3, -0.25) is 0 Å². The molecule has 0 saturated heterocycles. The second-order valence-electron chi connectivity index (χ2n) is 5.36. The molecule has 1 aliphatic rings. The molecule has 0 saturated carbocycles. The van der Waals surface area contributed by atoms with Crippen LogP contribution in [0.5, 0.6) is 0 Å². The molecule has 5 nitrogen and oxygen atoms in total. The zero-order valence-electron chi connectivity index (χ0n) is 11.1. The molecule has 0 fully saturated rings. The fourth-order valence-electron chi connectivity index (χ4n) is 1.31. The topological polar surface area (TPSA) is 60.2 Å². The summed E-state index contributed by atoms with van der Waals surface area (Å²) in [5.74, 6) is -0.509. The lowest BCUT2D eigenvalue weighted by Crippen LogP contribution is -2.37. The van der Waals surface area contributed by atoms with E-state index in [1.54, 1.807) is 6.92 Å². The summed E-state index contributed by atoms with van der Waals surface area (Å²) >= 11 is 0. The van der Waals surface area contributed by atoms with E-state index in [2.05, 4.69) is 10.3 Å². The van der Waals surface area contributed by atoms with Crippen molar-refractivity contribution in [3.8, 4) is 0 Å². The average molecular weight is 240 g/mol. The molecular formula is C12H20N2O3. The first kappa shape index (κ1) is 13.7. The maximum absolute atomic E-state index is 11.8. The van der Waals surface area contributed by atoms with Crippen LogP contribution in [0.1, 0.15) is 47.5 Å². The third-order valence-electron chi connectivity index (χ3n) is 2.55. The highest BCUT2D eigenvalue weighted by Gasteiger charge is 2.46. The zero-order chi connectivity index (χ0) is 13.1. The van der Waals surface area contributed by atoms with Crippen LogP contribution < -0.4 is 0 Å². The van der Waals surface area contributed by atoms with E-state index in [0.717, 1.165) is 5.71 Å². The number of hydrogen-bond donors (Lipinski definition) is 0. The molecule has 0 radical (unpaired) electrons. The molecule has 0 aromatic rings. The standard InChI is InChI=1S/C12H20N2O3/c1-6-7-13-16-10(15)12(5)8-9(14-17-12)11(2,3)4/h7H,6,8H2,1-5H3/b13-7+.